The van der Waals surface area contributed by atoms with Crippen LogP contribution in [0.15, 0.2) is 42.5 Å². The zero-order chi connectivity index (χ0) is 16.3. The van der Waals surface area contributed by atoms with E-state index < -0.39 is 5.97 Å². The first-order valence-electron chi connectivity index (χ1n) is 7.03. The highest BCUT2D eigenvalue weighted by atomic mass is 35.5. The molecule has 0 atom stereocenters. The van der Waals surface area contributed by atoms with Gasteiger partial charge in [-0.15, -0.1) is 0 Å². The molecule has 0 radical (unpaired) electrons. The number of hydrogen-bond acceptors (Lipinski definition) is 2. The van der Waals surface area contributed by atoms with Crippen LogP contribution in [0.1, 0.15) is 42.3 Å². The van der Waals surface area contributed by atoms with Gasteiger partial charge in [-0.05, 0) is 28.7 Å². The van der Waals surface area contributed by atoms with Crippen molar-refractivity contribution in [3.8, 4) is 5.75 Å². The lowest BCUT2D eigenvalue weighted by atomic mass is 9.86. The topological polar surface area (TPSA) is 46.5 Å². The minimum atomic E-state index is -1.05. The maximum atomic E-state index is 11.4. The van der Waals surface area contributed by atoms with E-state index in [9.17, 15) is 9.90 Å². The highest BCUT2D eigenvalue weighted by molar-refractivity contribution is 6.35. The second-order valence-corrected chi connectivity index (χ2v) is 6.54. The summed E-state index contributed by atoms with van der Waals surface area (Å²) >= 11 is 6.19. The van der Waals surface area contributed by atoms with Gasteiger partial charge in [0, 0.05) is 0 Å². The van der Waals surface area contributed by atoms with Gasteiger partial charge >= 0.3 is 5.97 Å². The average molecular weight is 319 g/mol. The van der Waals surface area contributed by atoms with Crippen LogP contribution >= 0.6 is 11.6 Å². The third kappa shape index (κ3) is 3.80. The average Bonchev–Trinajstić information content (AvgIpc) is 2.45. The van der Waals surface area contributed by atoms with Crippen molar-refractivity contribution in [1.82, 2.24) is 0 Å². The van der Waals surface area contributed by atoms with Gasteiger partial charge < -0.3 is 9.84 Å². The Kier molecular flexibility index (Phi) is 4.77. The molecule has 4 heteroatoms. The van der Waals surface area contributed by atoms with Gasteiger partial charge in [-0.1, -0.05) is 62.7 Å². The van der Waals surface area contributed by atoms with E-state index in [1.54, 1.807) is 6.07 Å². The molecule has 2 aromatic carbocycles. The van der Waals surface area contributed by atoms with Crippen molar-refractivity contribution >= 4 is 17.6 Å². The van der Waals surface area contributed by atoms with E-state index >= 15 is 0 Å². The lowest BCUT2D eigenvalue weighted by Crippen LogP contribution is -2.13. The summed E-state index contributed by atoms with van der Waals surface area (Å²) in [5.41, 5.74) is 1.74. The predicted molar refractivity (Wildman–Crippen MR) is 87.9 cm³/mol. The summed E-state index contributed by atoms with van der Waals surface area (Å²) in [7, 11) is 0. The summed E-state index contributed by atoms with van der Waals surface area (Å²) < 4.78 is 5.75. The van der Waals surface area contributed by atoms with Gasteiger partial charge in [-0.2, -0.15) is 0 Å². The number of aromatic carboxylic acids is 1. The summed E-state index contributed by atoms with van der Waals surface area (Å²) in [6.07, 6.45) is 0. The Balaban J connectivity index is 2.37. The Morgan fingerprint density at radius 3 is 2.36 bits per heavy atom. The molecule has 0 bridgehead atoms. The summed E-state index contributed by atoms with van der Waals surface area (Å²) in [6.45, 7) is 6.39. The highest BCUT2D eigenvalue weighted by Crippen LogP contribution is 2.35. The Bertz CT molecular complexity index is 673. The van der Waals surface area contributed by atoms with Crippen molar-refractivity contribution < 1.29 is 14.6 Å². The number of carboxylic acids is 1. The molecule has 0 aliphatic heterocycles. The zero-order valence-corrected chi connectivity index (χ0v) is 13.6. The molecule has 0 fully saturated rings. The number of benzene rings is 2. The second kappa shape index (κ2) is 6.41. The van der Waals surface area contributed by atoms with Gasteiger partial charge in [-0.25, -0.2) is 4.79 Å². The Labute approximate surface area is 135 Å². The first-order chi connectivity index (χ1) is 10.3. The summed E-state index contributed by atoms with van der Waals surface area (Å²) in [6, 6.07) is 13.1. The first kappa shape index (κ1) is 16.4. The van der Waals surface area contributed by atoms with E-state index in [1.165, 1.54) is 0 Å². The van der Waals surface area contributed by atoms with Crippen molar-refractivity contribution in [1.29, 1.82) is 0 Å². The highest BCUT2D eigenvalue weighted by Gasteiger charge is 2.21. The Hall–Kier alpha value is -2.00. The molecule has 2 rings (SSSR count). The number of carbonyl (C=O) groups is 1. The third-order valence-electron chi connectivity index (χ3n) is 3.37. The lowest BCUT2D eigenvalue weighted by molar-refractivity contribution is 0.0696. The van der Waals surface area contributed by atoms with Crippen LogP contribution in [0.3, 0.4) is 0 Å². The standard InChI is InChI=1S/C18H19ClO3/c1-18(2,3)13-9-14(17(20)21)16(19)15(10-13)22-11-12-7-5-4-6-8-12/h4-10H,11H2,1-3H3,(H,20,21). The van der Waals surface area contributed by atoms with E-state index in [-0.39, 0.29) is 16.0 Å². The quantitative estimate of drug-likeness (QED) is 0.870. The van der Waals surface area contributed by atoms with Gasteiger partial charge in [-0.3, -0.25) is 0 Å². The van der Waals surface area contributed by atoms with E-state index in [0.717, 1.165) is 11.1 Å². The number of carboxylic acid groups (broad SMARTS) is 1. The molecule has 1 N–H and O–H groups in total. The molecule has 0 saturated heterocycles. The molecule has 0 spiro atoms. The molecule has 0 aliphatic carbocycles. The molecule has 0 aromatic heterocycles. The maximum absolute atomic E-state index is 11.4. The molecule has 0 amide bonds. The van der Waals surface area contributed by atoms with Gasteiger partial charge in [0.25, 0.3) is 0 Å². The largest absolute Gasteiger partial charge is 0.487 e. The zero-order valence-electron chi connectivity index (χ0n) is 12.9. The SMILES string of the molecule is CC(C)(C)c1cc(OCc2ccccc2)c(Cl)c(C(=O)O)c1. The van der Waals surface area contributed by atoms with Crippen molar-refractivity contribution in [2.24, 2.45) is 0 Å². The minimum absolute atomic E-state index is 0.0668. The molecular weight excluding hydrogens is 300 g/mol. The van der Waals surface area contributed by atoms with Crippen LogP contribution in [0.2, 0.25) is 5.02 Å². The van der Waals surface area contributed by atoms with Crippen LogP contribution in [0.4, 0.5) is 0 Å². The molecule has 22 heavy (non-hydrogen) atoms. The summed E-state index contributed by atoms with van der Waals surface area (Å²) in [5.74, 6) is -0.656. The van der Waals surface area contributed by atoms with Gasteiger partial charge in [0.05, 0.1) is 10.6 Å². The number of rotatable bonds is 4. The monoisotopic (exact) mass is 318 g/mol. The van der Waals surface area contributed by atoms with Gasteiger partial charge in [0.15, 0.2) is 0 Å². The minimum Gasteiger partial charge on any atom is -0.487 e. The van der Waals surface area contributed by atoms with Gasteiger partial charge in [0.2, 0.25) is 0 Å². The molecule has 0 aliphatic rings. The fourth-order valence-electron chi connectivity index (χ4n) is 2.03. The van der Waals surface area contributed by atoms with Crippen molar-refractivity contribution in [3.63, 3.8) is 0 Å². The van der Waals surface area contributed by atoms with Crippen LogP contribution in [0.5, 0.6) is 5.75 Å². The molecule has 2 aromatic rings. The lowest BCUT2D eigenvalue weighted by Gasteiger charge is -2.21. The summed E-state index contributed by atoms with van der Waals surface area (Å²) in [5, 5.41) is 9.46. The smallest absolute Gasteiger partial charge is 0.337 e. The van der Waals surface area contributed by atoms with E-state index in [0.29, 0.717) is 12.4 Å². The second-order valence-electron chi connectivity index (χ2n) is 6.17. The Morgan fingerprint density at radius 2 is 1.82 bits per heavy atom. The van der Waals surface area contributed by atoms with E-state index in [1.807, 2.05) is 57.2 Å². The van der Waals surface area contributed by atoms with Crippen LogP contribution < -0.4 is 4.74 Å². The molecule has 116 valence electrons. The van der Waals surface area contributed by atoms with Crippen LogP contribution in [-0.2, 0) is 12.0 Å². The first-order valence-corrected chi connectivity index (χ1v) is 7.41. The molecule has 0 heterocycles. The third-order valence-corrected chi connectivity index (χ3v) is 3.76. The summed E-state index contributed by atoms with van der Waals surface area (Å²) in [4.78, 5) is 11.4. The number of halogens is 1. The fraction of sp³-hybridized carbons (Fsp3) is 0.278. The number of ether oxygens (including phenoxy) is 1. The predicted octanol–water partition coefficient (Wildman–Crippen LogP) is 4.91. The van der Waals surface area contributed by atoms with E-state index in [4.69, 9.17) is 16.3 Å². The maximum Gasteiger partial charge on any atom is 0.337 e. The number of hydrogen-bond donors (Lipinski definition) is 1. The van der Waals surface area contributed by atoms with Crippen molar-refractivity contribution in [2.45, 2.75) is 32.8 Å². The van der Waals surface area contributed by atoms with E-state index in [2.05, 4.69) is 0 Å². The van der Waals surface area contributed by atoms with Gasteiger partial charge in [0.1, 0.15) is 12.4 Å². The normalized spacial score (nSPS) is 11.3. The Morgan fingerprint density at radius 1 is 1.18 bits per heavy atom. The van der Waals surface area contributed by atoms with Crippen LogP contribution in [0, 0.1) is 0 Å². The molecule has 0 saturated carbocycles. The van der Waals surface area contributed by atoms with Crippen molar-refractivity contribution in [3.05, 3.63) is 64.2 Å². The van der Waals surface area contributed by atoms with Crippen molar-refractivity contribution in [2.75, 3.05) is 0 Å². The molecule has 0 unspecified atom stereocenters. The van der Waals surface area contributed by atoms with Crippen LogP contribution in [0.25, 0.3) is 0 Å². The fourth-order valence-corrected chi connectivity index (χ4v) is 2.27. The molecular formula is C18H19ClO3. The van der Waals surface area contributed by atoms with Crippen LogP contribution in [-0.4, -0.2) is 11.1 Å². The molecule has 3 nitrogen and oxygen atoms in total.